The highest BCUT2D eigenvalue weighted by Gasteiger charge is 2.23. The van der Waals surface area contributed by atoms with Crippen LogP contribution >= 0.6 is 0 Å². The Kier molecular flexibility index (Phi) is 5.41. The van der Waals surface area contributed by atoms with Crippen LogP contribution in [-0.4, -0.2) is 50.3 Å². The molecule has 21 heavy (non-hydrogen) atoms. The number of morpholine rings is 1. The number of rotatable bonds is 5. The van der Waals surface area contributed by atoms with Crippen molar-refractivity contribution < 1.29 is 14.3 Å². The van der Waals surface area contributed by atoms with E-state index >= 15 is 0 Å². The normalized spacial score (nSPS) is 19.2. The van der Waals surface area contributed by atoms with Gasteiger partial charge < -0.3 is 20.5 Å². The largest absolute Gasteiger partial charge is 0.495 e. The molecule has 2 rings (SSSR count). The molecule has 0 aliphatic carbocycles. The van der Waals surface area contributed by atoms with E-state index in [-0.39, 0.29) is 5.91 Å². The molecule has 1 amide bonds. The third kappa shape index (κ3) is 4.09. The van der Waals surface area contributed by atoms with Crippen molar-refractivity contribution in [1.82, 2.24) is 4.90 Å². The average Bonchev–Trinajstić information content (AvgIpc) is 2.48. The maximum absolute atomic E-state index is 12.2. The number of ether oxygens (including phenoxy) is 2. The number of carbonyl (C=O) groups is 1. The van der Waals surface area contributed by atoms with Gasteiger partial charge in [0, 0.05) is 18.3 Å². The number of nitrogens with two attached hydrogens (primary N) is 1. The standard InChI is InChI=1S/C15H23N3O3/c1-3-12-10-21-7-6-18(12)9-15(19)17-13-8-11(16)4-5-14(13)20-2/h4-5,8,12H,3,6-7,9-10,16H2,1-2H3,(H,17,19). The van der Waals surface area contributed by atoms with Gasteiger partial charge in [-0.25, -0.2) is 0 Å². The number of benzene rings is 1. The number of hydrogen-bond acceptors (Lipinski definition) is 5. The number of nitrogens with one attached hydrogen (secondary N) is 1. The zero-order valence-corrected chi connectivity index (χ0v) is 12.6. The minimum absolute atomic E-state index is 0.0701. The lowest BCUT2D eigenvalue weighted by Crippen LogP contribution is -2.48. The number of methoxy groups -OCH3 is 1. The lowest BCUT2D eigenvalue weighted by Gasteiger charge is -2.34. The van der Waals surface area contributed by atoms with E-state index in [4.69, 9.17) is 15.2 Å². The molecule has 6 nitrogen and oxygen atoms in total. The van der Waals surface area contributed by atoms with Gasteiger partial charge in [0.15, 0.2) is 0 Å². The first-order chi connectivity index (χ1) is 10.1. The smallest absolute Gasteiger partial charge is 0.238 e. The van der Waals surface area contributed by atoms with Crippen LogP contribution in [0.1, 0.15) is 13.3 Å². The SMILES string of the molecule is CCC1COCCN1CC(=O)Nc1cc(N)ccc1OC. The first-order valence-corrected chi connectivity index (χ1v) is 7.19. The number of carbonyl (C=O) groups excluding carboxylic acids is 1. The third-order valence-electron chi connectivity index (χ3n) is 3.67. The van der Waals surface area contributed by atoms with Crippen molar-refractivity contribution in [2.24, 2.45) is 0 Å². The fraction of sp³-hybridized carbons (Fsp3) is 0.533. The van der Waals surface area contributed by atoms with Gasteiger partial charge in [0.2, 0.25) is 5.91 Å². The first kappa shape index (κ1) is 15.6. The Morgan fingerprint density at radius 2 is 2.38 bits per heavy atom. The summed E-state index contributed by atoms with van der Waals surface area (Å²) < 4.78 is 10.7. The molecule has 1 heterocycles. The Labute approximate surface area is 125 Å². The molecule has 0 bridgehead atoms. The topological polar surface area (TPSA) is 76.8 Å². The van der Waals surface area contributed by atoms with E-state index in [1.54, 1.807) is 25.3 Å². The summed E-state index contributed by atoms with van der Waals surface area (Å²) in [6.07, 6.45) is 0.967. The molecule has 0 aromatic heterocycles. The lowest BCUT2D eigenvalue weighted by atomic mass is 10.2. The Bertz CT molecular complexity index is 493. The summed E-state index contributed by atoms with van der Waals surface area (Å²) in [6.45, 7) is 4.59. The maximum Gasteiger partial charge on any atom is 0.238 e. The van der Waals surface area contributed by atoms with Crippen LogP contribution in [0, 0.1) is 0 Å². The molecule has 0 radical (unpaired) electrons. The van der Waals surface area contributed by atoms with Crippen molar-refractivity contribution in [3.8, 4) is 5.75 Å². The minimum atomic E-state index is -0.0701. The second kappa shape index (κ2) is 7.28. The van der Waals surface area contributed by atoms with Crippen molar-refractivity contribution in [1.29, 1.82) is 0 Å². The van der Waals surface area contributed by atoms with Gasteiger partial charge in [-0.2, -0.15) is 0 Å². The highest BCUT2D eigenvalue weighted by atomic mass is 16.5. The van der Waals surface area contributed by atoms with E-state index in [0.717, 1.165) is 13.0 Å². The predicted octanol–water partition coefficient (Wildman–Crippen LogP) is 1.33. The van der Waals surface area contributed by atoms with Crippen LogP contribution in [0.2, 0.25) is 0 Å². The van der Waals surface area contributed by atoms with Crippen LogP contribution < -0.4 is 15.8 Å². The highest BCUT2D eigenvalue weighted by Crippen LogP contribution is 2.26. The minimum Gasteiger partial charge on any atom is -0.495 e. The van der Waals surface area contributed by atoms with E-state index in [1.807, 2.05) is 0 Å². The average molecular weight is 293 g/mol. The lowest BCUT2D eigenvalue weighted by molar-refractivity contribution is -0.119. The zero-order chi connectivity index (χ0) is 15.2. The van der Waals surface area contributed by atoms with E-state index in [9.17, 15) is 4.79 Å². The summed E-state index contributed by atoms with van der Waals surface area (Å²) >= 11 is 0. The molecule has 116 valence electrons. The molecule has 1 atom stereocenters. The van der Waals surface area contributed by atoms with Crippen molar-refractivity contribution in [2.75, 3.05) is 44.5 Å². The fourth-order valence-corrected chi connectivity index (χ4v) is 2.47. The van der Waals surface area contributed by atoms with Gasteiger partial charge in [0.05, 0.1) is 32.6 Å². The van der Waals surface area contributed by atoms with Crippen LogP contribution in [0.3, 0.4) is 0 Å². The molecule has 6 heteroatoms. The van der Waals surface area contributed by atoms with Gasteiger partial charge >= 0.3 is 0 Å². The number of hydrogen-bond donors (Lipinski definition) is 2. The molecular formula is C15H23N3O3. The predicted molar refractivity (Wildman–Crippen MR) is 82.5 cm³/mol. The molecule has 1 aromatic rings. The summed E-state index contributed by atoms with van der Waals surface area (Å²) in [6, 6.07) is 5.48. The van der Waals surface area contributed by atoms with E-state index in [2.05, 4.69) is 17.1 Å². The summed E-state index contributed by atoms with van der Waals surface area (Å²) in [7, 11) is 1.57. The van der Waals surface area contributed by atoms with Crippen molar-refractivity contribution in [3.05, 3.63) is 18.2 Å². The van der Waals surface area contributed by atoms with Gasteiger partial charge in [-0.05, 0) is 24.6 Å². The van der Waals surface area contributed by atoms with Gasteiger partial charge in [0.1, 0.15) is 5.75 Å². The Balaban J connectivity index is 1.99. The first-order valence-electron chi connectivity index (χ1n) is 7.19. The second-order valence-corrected chi connectivity index (χ2v) is 5.12. The zero-order valence-electron chi connectivity index (χ0n) is 12.6. The molecule has 0 saturated carbocycles. The van der Waals surface area contributed by atoms with Crippen molar-refractivity contribution in [3.63, 3.8) is 0 Å². The van der Waals surface area contributed by atoms with Crippen molar-refractivity contribution >= 4 is 17.3 Å². The molecule has 1 fully saturated rings. The highest BCUT2D eigenvalue weighted by molar-refractivity contribution is 5.94. The van der Waals surface area contributed by atoms with Crippen LogP contribution in [0.5, 0.6) is 5.75 Å². The van der Waals surface area contributed by atoms with Gasteiger partial charge in [0.25, 0.3) is 0 Å². The molecule has 1 aromatic carbocycles. The molecule has 1 aliphatic heterocycles. The number of anilines is 2. The van der Waals surface area contributed by atoms with Gasteiger partial charge in [-0.1, -0.05) is 6.92 Å². The molecule has 3 N–H and O–H groups in total. The summed E-state index contributed by atoms with van der Waals surface area (Å²) in [4.78, 5) is 14.4. The van der Waals surface area contributed by atoms with Gasteiger partial charge in [-0.15, -0.1) is 0 Å². The number of nitrogen functional groups attached to an aromatic ring is 1. The van der Waals surface area contributed by atoms with Crippen LogP contribution in [-0.2, 0) is 9.53 Å². The summed E-state index contributed by atoms with van der Waals surface area (Å²) in [5.74, 6) is 0.533. The number of nitrogens with zero attached hydrogens (tertiary/aromatic N) is 1. The van der Waals surface area contributed by atoms with Crippen LogP contribution in [0.15, 0.2) is 18.2 Å². The van der Waals surface area contributed by atoms with Crippen LogP contribution in [0.4, 0.5) is 11.4 Å². The molecule has 0 spiro atoms. The monoisotopic (exact) mass is 293 g/mol. The Hall–Kier alpha value is -1.79. The molecular weight excluding hydrogens is 270 g/mol. The molecule has 1 unspecified atom stereocenters. The molecule has 1 saturated heterocycles. The maximum atomic E-state index is 12.2. The quantitative estimate of drug-likeness (QED) is 0.801. The summed E-state index contributed by atoms with van der Waals surface area (Å²) in [5.41, 5.74) is 6.94. The van der Waals surface area contributed by atoms with Crippen LogP contribution in [0.25, 0.3) is 0 Å². The van der Waals surface area contributed by atoms with Gasteiger partial charge in [-0.3, -0.25) is 9.69 Å². The summed E-state index contributed by atoms with van der Waals surface area (Å²) in [5, 5.41) is 2.87. The van der Waals surface area contributed by atoms with E-state index in [1.165, 1.54) is 0 Å². The number of amides is 1. The second-order valence-electron chi connectivity index (χ2n) is 5.12. The third-order valence-corrected chi connectivity index (χ3v) is 3.67. The van der Waals surface area contributed by atoms with Crippen molar-refractivity contribution in [2.45, 2.75) is 19.4 Å². The fourth-order valence-electron chi connectivity index (χ4n) is 2.47. The Morgan fingerprint density at radius 1 is 1.57 bits per heavy atom. The van der Waals surface area contributed by atoms with E-state index < -0.39 is 0 Å². The Morgan fingerprint density at radius 3 is 3.10 bits per heavy atom. The molecule has 1 aliphatic rings. The van der Waals surface area contributed by atoms with E-state index in [0.29, 0.717) is 42.9 Å².